The lowest BCUT2D eigenvalue weighted by atomic mass is 10.1. The Bertz CT molecular complexity index is 1720. The third-order valence-corrected chi connectivity index (χ3v) is 5.70. The number of fused-ring (bicyclic) bond motifs is 1. The number of nitrogens with zero attached hydrogens (tertiary/aromatic N) is 5. The van der Waals surface area contributed by atoms with E-state index in [1.54, 1.807) is 42.0 Å². The summed E-state index contributed by atoms with van der Waals surface area (Å²) in [6.45, 7) is 3.25. The molecule has 0 spiro atoms. The number of aromatic nitrogens is 5. The largest absolute Gasteiger partial charge is 0.421 e. The zero-order valence-corrected chi connectivity index (χ0v) is 20.1. The smallest absolute Gasteiger partial charge is 0.267 e. The van der Waals surface area contributed by atoms with Gasteiger partial charge < -0.3 is 20.6 Å². The lowest BCUT2D eigenvalue weighted by molar-refractivity contribution is 0.350. The Morgan fingerprint density at radius 2 is 1.95 bits per heavy atom. The molecule has 0 radical (unpaired) electrons. The van der Waals surface area contributed by atoms with Crippen LogP contribution in [0.15, 0.2) is 70.0 Å². The zero-order valence-electron chi connectivity index (χ0n) is 20.1. The first-order chi connectivity index (χ1) is 18.0. The molecule has 0 aliphatic rings. The van der Waals surface area contributed by atoms with Crippen molar-refractivity contribution in [3.05, 3.63) is 88.4 Å². The van der Waals surface area contributed by atoms with Gasteiger partial charge in [-0.2, -0.15) is 0 Å². The van der Waals surface area contributed by atoms with Crippen molar-refractivity contribution in [1.82, 2.24) is 24.7 Å². The Kier molecular flexibility index (Phi) is 6.36. The van der Waals surface area contributed by atoms with Crippen LogP contribution < -0.4 is 16.6 Å². The van der Waals surface area contributed by atoms with Crippen LogP contribution in [0, 0.1) is 18.8 Å². The third-order valence-electron chi connectivity index (χ3n) is 5.70. The molecule has 2 aromatic carbocycles. The summed E-state index contributed by atoms with van der Waals surface area (Å²) in [5, 5.41) is 20.9. The fourth-order valence-electron chi connectivity index (χ4n) is 4.08. The molecular formula is C27H23N7O3. The Labute approximate surface area is 211 Å². The van der Waals surface area contributed by atoms with E-state index in [2.05, 4.69) is 32.3 Å². The van der Waals surface area contributed by atoms with Crippen LogP contribution >= 0.6 is 0 Å². The van der Waals surface area contributed by atoms with E-state index < -0.39 is 6.04 Å². The van der Waals surface area contributed by atoms with Crippen LogP contribution in [0.2, 0.25) is 0 Å². The lowest BCUT2D eigenvalue weighted by Gasteiger charge is -2.21. The molecule has 0 amide bonds. The normalized spacial score (nSPS) is 11.6. The maximum Gasteiger partial charge on any atom is 0.267 e. The van der Waals surface area contributed by atoms with Gasteiger partial charge in [0.1, 0.15) is 23.8 Å². The maximum atomic E-state index is 13.9. The van der Waals surface area contributed by atoms with Crippen molar-refractivity contribution in [1.29, 1.82) is 0 Å². The van der Waals surface area contributed by atoms with Gasteiger partial charge in [0.25, 0.3) is 11.4 Å². The number of aliphatic hydroxyl groups is 1. The van der Waals surface area contributed by atoms with Crippen molar-refractivity contribution < 1.29 is 9.52 Å². The summed E-state index contributed by atoms with van der Waals surface area (Å²) >= 11 is 0. The van der Waals surface area contributed by atoms with Crippen LogP contribution in [-0.4, -0.2) is 36.4 Å². The molecule has 0 aliphatic carbocycles. The number of para-hydroxylation sites is 1. The molecule has 0 unspecified atom stereocenters. The van der Waals surface area contributed by atoms with Gasteiger partial charge in [-0.3, -0.25) is 9.36 Å². The van der Waals surface area contributed by atoms with Crippen LogP contribution in [0.1, 0.15) is 30.2 Å². The maximum absolute atomic E-state index is 13.9. The Hall–Kier alpha value is -5.01. The molecule has 37 heavy (non-hydrogen) atoms. The number of hydrogen-bond donors (Lipinski definition) is 3. The van der Waals surface area contributed by atoms with E-state index in [0.29, 0.717) is 50.9 Å². The molecule has 1 atom stereocenters. The lowest BCUT2D eigenvalue weighted by Crippen LogP contribution is -2.28. The highest BCUT2D eigenvalue weighted by molar-refractivity contribution is 5.85. The molecule has 184 valence electrons. The minimum Gasteiger partial charge on any atom is -0.421 e. The van der Waals surface area contributed by atoms with E-state index in [-0.39, 0.29) is 18.1 Å². The first-order valence-corrected chi connectivity index (χ1v) is 11.5. The molecule has 10 nitrogen and oxygen atoms in total. The molecule has 5 rings (SSSR count). The average molecular weight is 494 g/mol. The van der Waals surface area contributed by atoms with Crippen molar-refractivity contribution in [2.24, 2.45) is 0 Å². The van der Waals surface area contributed by atoms with Crippen molar-refractivity contribution in [2.45, 2.75) is 19.9 Å². The molecule has 3 aromatic heterocycles. The van der Waals surface area contributed by atoms with Crippen LogP contribution in [0.4, 0.5) is 11.5 Å². The number of aryl methyl sites for hydroxylation is 1. The molecule has 5 aromatic rings. The number of nitrogens with one attached hydrogen (secondary N) is 1. The second-order valence-electron chi connectivity index (χ2n) is 8.22. The van der Waals surface area contributed by atoms with Gasteiger partial charge in [-0.25, -0.2) is 9.97 Å². The number of hydrogen-bond acceptors (Lipinski definition) is 9. The number of nitrogens with two attached hydrogens (primary N) is 1. The molecule has 4 N–H and O–H groups in total. The van der Waals surface area contributed by atoms with Crippen LogP contribution in [0.3, 0.4) is 0 Å². The Balaban J connectivity index is 1.69. The van der Waals surface area contributed by atoms with Crippen molar-refractivity contribution in [3.8, 4) is 29.0 Å². The fraction of sp³-hybridized carbons (Fsp3) is 0.148. The van der Waals surface area contributed by atoms with E-state index in [9.17, 15) is 9.90 Å². The minimum atomic E-state index is -0.499. The van der Waals surface area contributed by atoms with Gasteiger partial charge >= 0.3 is 0 Å². The molecular weight excluding hydrogens is 470 g/mol. The highest BCUT2D eigenvalue weighted by Crippen LogP contribution is 2.33. The number of anilines is 2. The third kappa shape index (κ3) is 4.51. The molecule has 10 heteroatoms. The molecule has 0 fully saturated rings. The number of benzene rings is 2. The van der Waals surface area contributed by atoms with Crippen molar-refractivity contribution in [3.63, 3.8) is 0 Å². The molecule has 0 saturated carbocycles. The summed E-state index contributed by atoms with van der Waals surface area (Å²) in [6, 6.07) is 15.7. The summed E-state index contributed by atoms with van der Waals surface area (Å²) in [5.74, 6) is 6.97. The summed E-state index contributed by atoms with van der Waals surface area (Å²) in [5.41, 5.74) is 8.46. The monoisotopic (exact) mass is 493 g/mol. The zero-order chi connectivity index (χ0) is 25.9. The van der Waals surface area contributed by atoms with Gasteiger partial charge in [-0.05, 0) is 37.3 Å². The summed E-state index contributed by atoms with van der Waals surface area (Å²) < 4.78 is 7.16. The standard InChI is InChI=1S/C27H23N7O3/c1-16(30-24-23(20(28)13-14-29-24)26-33-32-17(2)37-26)25-31-21-12-6-8-18(9-7-15-35)22(21)27(36)34(25)19-10-4-3-5-11-19/h3-6,8,10-14,16,35H,15H2,1-2H3,(H3,28,29,30)/t16-/m0/s1. The molecule has 0 bridgehead atoms. The van der Waals surface area contributed by atoms with Gasteiger partial charge in [0.05, 0.1) is 22.6 Å². The quantitative estimate of drug-likeness (QED) is 0.314. The topological polar surface area (TPSA) is 145 Å². The number of rotatable bonds is 5. The van der Waals surface area contributed by atoms with Crippen LogP contribution in [0.5, 0.6) is 0 Å². The van der Waals surface area contributed by atoms with Crippen LogP contribution in [-0.2, 0) is 0 Å². The molecule has 0 saturated heterocycles. The van der Waals surface area contributed by atoms with E-state index >= 15 is 0 Å². The van der Waals surface area contributed by atoms with Gasteiger partial charge in [0.15, 0.2) is 0 Å². The minimum absolute atomic E-state index is 0.233. The summed E-state index contributed by atoms with van der Waals surface area (Å²) in [4.78, 5) is 23.2. The molecule has 3 heterocycles. The predicted molar refractivity (Wildman–Crippen MR) is 140 cm³/mol. The number of nitrogen functional groups attached to an aromatic ring is 1. The van der Waals surface area contributed by atoms with E-state index in [4.69, 9.17) is 15.1 Å². The van der Waals surface area contributed by atoms with E-state index in [1.807, 2.05) is 37.3 Å². The number of pyridine rings is 1. The first-order valence-electron chi connectivity index (χ1n) is 11.5. The summed E-state index contributed by atoms with van der Waals surface area (Å²) in [7, 11) is 0. The average Bonchev–Trinajstić information content (AvgIpc) is 3.33. The van der Waals surface area contributed by atoms with Crippen molar-refractivity contribution in [2.75, 3.05) is 17.7 Å². The van der Waals surface area contributed by atoms with Gasteiger partial charge in [-0.1, -0.05) is 36.1 Å². The fourth-order valence-corrected chi connectivity index (χ4v) is 4.08. The Morgan fingerprint density at radius 1 is 1.14 bits per heavy atom. The second kappa shape index (κ2) is 9.93. The van der Waals surface area contributed by atoms with Crippen molar-refractivity contribution >= 4 is 22.4 Å². The Morgan fingerprint density at radius 3 is 2.68 bits per heavy atom. The highest BCUT2D eigenvalue weighted by atomic mass is 16.4. The van der Waals surface area contributed by atoms with E-state index in [1.165, 1.54) is 0 Å². The number of aliphatic hydroxyl groups excluding tert-OH is 1. The van der Waals surface area contributed by atoms with Gasteiger partial charge in [0, 0.05) is 24.4 Å². The second-order valence-corrected chi connectivity index (χ2v) is 8.22. The predicted octanol–water partition coefficient (Wildman–Crippen LogP) is 3.24. The van der Waals surface area contributed by atoms with Gasteiger partial charge in [-0.15, -0.1) is 10.2 Å². The summed E-state index contributed by atoms with van der Waals surface area (Å²) in [6.07, 6.45) is 1.57. The van der Waals surface area contributed by atoms with Crippen LogP contribution in [0.25, 0.3) is 28.0 Å². The van der Waals surface area contributed by atoms with Gasteiger partial charge in [0.2, 0.25) is 5.89 Å². The highest BCUT2D eigenvalue weighted by Gasteiger charge is 2.23. The molecule has 0 aliphatic heterocycles. The SMILES string of the molecule is Cc1nnc(-c2c(N)ccnc2N[C@@H](C)c2nc3cccc(C#CCO)c3c(=O)n2-c2ccccc2)o1. The van der Waals surface area contributed by atoms with E-state index in [0.717, 1.165) is 0 Å². The first kappa shape index (κ1) is 23.7.